The molecule has 2 heterocycles. The number of rotatable bonds is 5. The van der Waals surface area contributed by atoms with Crippen molar-refractivity contribution in [3.05, 3.63) is 0 Å². The number of esters is 1. The van der Waals surface area contributed by atoms with Gasteiger partial charge in [-0.2, -0.15) is 0 Å². The summed E-state index contributed by atoms with van der Waals surface area (Å²) in [6, 6.07) is 0. The zero-order chi connectivity index (χ0) is 15.3. The van der Waals surface area contributed by atoms with Crippen LogP contribution in [0.15, 0.2) is 0 Å². The molecule has 0 saturated carbocycles. The molecule has 0 radical (unpaired) electrons. The summed E-state index contributed by atoms with van der Waals surface area (Å²) < 4.78 is 32.6. The minimum Gasteiger partial charge on any atom is -0.453 e. The summed E-state index contributed by atoms with van der Waals surface area (Å²) in [4.78, 5) is 23.7. The highest BCUT2D eigenvalue weighted by Crippen LogP contribution is 2.54. The van der Waals surface area contributed by atoms with Gasteiger partial charge >= 0.3 is 5.97 Å². The van der Waals surface area contributed by atoms with Crippen LogP contribution in [0.2, 0.25) is 0 Å². The molecule has 0 aliphatic carbocycles. The molecule has 8 heteroatoms. The molecule has 114 valence electrons. The minimum absolute atomic E-state index is 0.113. The van der Waals surface area contributed by atoms with E-state index in [2.05, 4.69) is 5.32 Å². The fourth-order valence-corrected chi connectivity index (χ4v) is 3.26. The number of amides is 1. The highest BCUT2D eigenvalue weighted by molar-refractivity contribution is 6.18. The van der Waals surface area contributed by atoms with Gasteiger partial charge in [-0.1, -0.05) is 6.92 Å². The van der Waals surface area contributed by atoms with Crippen molar-refractivity contribution in [3.8, 4) is 0 Å². The Kier molecular flexibility index (Phi) is 3.49. The second kappa shape index (κ2) is 4.53. The van der Waals surface area contributed by atoms with E-state index < -0.39 is 47.4 Å². The summed E-state index contributed by atoms with van der Waals surface area (Å²) in [6.45, 7) is 2.56. The van der Waals surface area contributed by atoms with Gasteiger partial charge < -0.3 is 15.2 Å². The minimum atomic E-state index is -3.51. The Morgan fingerprint density at radius 2 is 2.15 bits per heavy atom. The van der Waals surface area contributed by atoms with E-state index in [9.17, 15) is 23.5 Å². The van der Waals surface area contributed by atoms with Gasteiger partial charge in [0.05, 0.1) is 5.92 Å². The zero-order valence-corrected chi connectivity index (χ0v) is 11.8. The maximum Gasteiger partial charge on any atom is 0.339 e. The van der Waals surface area contributed by atoms with Crippen molar-refractivity contribution in [3.63, 3.8) is 0 Å². The Labute approximate surface area is 119 Å². The summed E-state index contributed by atoms with van der Waals surface area (Å²) in [5.41, 5.74) is -3.60. The fraction of sp³-hybridized carbons (Fsp3) is 0.833. The molecule has 5 nitrogen and oxygen atoms in total. The highest BCUT2D eigenvalue weighted by atomic mass is 35.5. The summed E-state index contributed by atoms with van der Waals surface area (Å²) >= 11 is 5.59. The van der Waals surface area contributed by atoms with Crippen molar-refractivity contribution >= 4 is 23.5 Å². The van der Waals surface area contributed by atoms with Crippen LogP contribution in [0.1, 0.15) is 26.7 Å². The molecule has 20 heavy (non-hydrogen) atoms. The summed E-state index contributed by atoms with van der Waals surface area (Å²) in [7, 11) is 0. The molecule has 4 atom stereocenters. The predicted molar refractivity (Wildman–Crippen MR) is 65.4 cm³/mol. The number of ether oxygens (including phenoxy) is 1. The molecule has 0 spiro atoms. The zero-order valence-electron chi connectivity index (χ0n) is 11.1. The molecule has 2 aliphatic rings. The summed E-state index contributed by atoms with van der Waals surface area (Å²) in [5, 5.41) is 12.2. The van der Waals surface area contributed by atoms with Gasteiger partial charge in [-0.15, -0.1) is 11.6 Å². The lowest BCUT2D eigenvalue weighted by Crippen LogP contribution is -2.81. The monoisotopic (exact) mass is 311 g/mol. The molecule has 2 saturated heterocycles. The Morgan fingerprint density at radius 3 is 2.60 bits per heavy atom. The number of alkyl halides is 3. The molecule has 1 amide bonds. The van der Waals surface area contributed by atoms with Crippen molar-refractivity contribution in [1.29, 1.82) is 0 Å². The van der Waals surface area contributed by atoms with Gasteiger partial charge in [0.2, 0.25) is 11.4 Å². The van der Waals surface area contributed by atoms with Crippen LogP contribution in [0.4, 0.5) is 8.78 Å². The quantitative estimate of drug-likeness (QED) is 0.582. The molecule has 2 aliphatic heterocycles. The number of hydrogen-bond donors (Lipinski definition) is 2. The molecular formula is C12H16ClF2NO4. The van der Waals surface area contributed by atoms with Gasteiger partial charge in [-0.25, -0.2) is 13.6 Å². The number of aliphatic hydroxyl groups excluding tert-OH is 1. The molecule has 2 N–H and O–H groups in total. The maximum absolute atomic E-state index is 13.8. The second-order valence-electron chi connectivity index (χ2n) is 5.34. The topological polar surface area (TPSA) is 75.6 Å². The van der Waals surface area contributed by atoms with Crippen molar-refractivity contribution < 1.29 is 28.2 Å². The van der Waals surface area contributed by atoms with Gasteiger partial charge in [-0.05, 0) is 13.3 Å². The molecular weight excluding hydrogens is 296 g/mol. The fourth-order valence-electron chi connectivity index (χ4n) is 3.04. The molecule has 2 fully saturated rings. The van der Waals surface area contributed by atoms with Crippen LogP contribution < -0.4 is 5.32 Å². The Morgan fingerprint density at radius 1 is 1.55 bits per heavy atom. The highest BCUT2D eigenvalue weighted by Gasteiger charge is 2.81. The number of aliphatic hydroxyl groups is 1. The van der Waals surface area contributed by atoms with Gasteiger partial charge in [0.1, 0.15) is 0 Å². The van der Waals surface area contributed by atoms with Gasteiger partial charge in [-0.3, -0.25) is 4.79 Å². The Hall–Kier alpha value is -0.950. The first-order chi connectivity index (χ1) is 9.17. The maximum atomic E-state index is 13.8. The number of carbonyl (C=O) groups excluding carboxylic acids is 2. The third kappa shape index (κ3) is 1.62. The van der Waals surface area contributed by atoms with E-state index in [4.69, 9.17) is 16.3 Å². The standard InChI is InChI=1S/C12H16ClF2NO4/c1-3-11(14,15)8(18)12-9(19)20-10(12,2)6(4-5-13)7(17)16-12/h6,8,18H,3-5H2,1-2H3,(H,16,17)/t6-,8-,10-,12-/m0/s1. The number of fused-ring (bicyclic) bond motifs is 1. The third-order valence-corrected chi connectivity index (χ3v) is 4.61. The predicted octanol–water partition coefficient (Wildman–Crippen LogP) is 0.822. The van der Waals surface area contributed by atoms with Crippen molar-refractivity contribution in [2.75, 3.05) is 5.88 Å². The number of carbonyl (C=O) groups is 2. The van der Waals surface area contributed by atoms with Gasteiger partial charge in [0.15, 0.2) is 11.7 Å². The number of nitrogens with one attached hydrogen (secondary N) is 1. The van der Waals surface area contributed by atoms with E-state index in [1.54, 1.807) is 0 Å². The summed E-state index contributed by atoms with van der Waals surface area (Å²) in [5.74, 6) is -5.89. The van der Waals surface area contributed by atoms with Crippen LogP contribution in [0.5, 0.6) is 0 Å². The van der Waals surface area contributed by atoms with E-state index in [1.165, 1.54) is 13.8 Å². The SMILES string of the molecule is CCC(F)(F)[C@H](O)[C@@]12NC(=O)[C@H](CCCl)[C@]1(C)OC2=O. The number of halogens is 3. The van der Waals surface area contributed by atoms with E-state index in [1.807, 2.05) is 0 Å². The van der Waals surface area contributed by atoms with Gasteiger partial charge in [0.25, 0.3) is 5.92 Å². The molecule has 0 bridgehead atoms. The lowest BCUT2D eigenvalue weighted by molar-refractivity contribution is -0.259. The third-order valence-electron chi connectivity index (χ3n) is 4.39. The van der Waals surface area contributed by atoms with Crippen LogP contribution >= 0.6 is 11.6 Å². The molecule has 0 aromatic rings. The second-order valence-corrected chi connectivity index (χ2v) is 5.72. The van der Waals surface area contributed by atoms with Crippen LogP contribution in [0.3, 0.4) is 0 Å². The van der Waals surface area contributed by atoms with E-state index in [-0.39, 0.29) is 12.3 Å². The van der Waals surface area contributed by atoms with Gasteiger partial charge in [0, 0.05) is 12.3 Å². The lowest BCUT2D eigenvalue weighted by atomic mass is 9.66. The normalized spacial score (nSPS) is 37.8. The molecule has 0 aromatic heterocycles. The average molecular weight is 312 g/mol. The van der Waals surface area contributed by atoms with Crippen molar-refractivity contribution in [1.82, 2.24) is 5.32 Å². The first kappa shape index (κ1) is 15.4. The molecule has 2 rings (SSSR count). The largest absolute Gasteiger partial charge is 0.453 e. The smallest absolute Gasteiger partial charge is 0.339 e. The van der Waals surface area contributed by atoms with E-state index >= 15 is 0 Å². The van der Waals surface area contributed by atoms with Crippen LogP contribution in [-0.2, 0) is 14.3 Å². The Balaban J connectivity index is 2.44. The first-order valence-corrected chi connectivity index (χ1v) is 6.88. The average Bonchev–Trinajstić information content (AvgIpc) is 2.56. The molecule has 0 unspecified atom stereocenters. The van der Waals surface area contributed by atoms with Crippen LogP contribution in [0, 0.1) is 5.92 Å². The van der Waals surface area contributed by atoms with E-state index in [0.717, 1.165) is 0 Å². The van der Waals surface area contributed by atoms with Crippen LogP contribution in [-0.4, -0.2) is 46.0 Å². The lowest BCUT2D eigenvalue weighted by Gasteiger charge is -2.54. The summed E-state index contributed by atoms with van der Waals surface area (Å²) in [6.07, 6.45) is -2.82. The first-order valence-electron chi connectivity index (χ1n) is 6.34. The van der Waals surface area contributed by atoms with Crippen LogP contribution in [0.25, 0.3) is 0 Å². The van der Waals surface area contributed by atoms with Crippen molar-refractivity contribution in [2.45, 2.75) is 49.9 Å². The molecule has 0 aromatic carbocycles. The van der Waals surface area contributed by atoms with Crippen molar-refractivity contribution in [2.24, 2.45) is 5.92 Å². The number of hydrogen-bond acceptors (Lipinski definition) is 4. The van der Waals surface area contributed by atoms with E-state index in [0.29, 0.717) is 0 Å². The Bertz CT molecular complexity index is 461.